The highest BCUT2D eigenvalue weighted by Gasteiger charge is 2.21. The minimum Gasteiger partial charge on any atom is -0.378 e. The van der Waals surface area contributed by atoms with Crippen molar-refractivity contribution in [2.45, 2.75) is 19.8 Å². The second-order valence-electron chi connectivity index (χ2n) is 8.34. The molecule has 0 atom stereocenters. The number of allylic oxidation sites excluding steroid dienone is 1. The lowest BCUT2D eigenvalue weighted by atomic mass is 10.0. The number of hydrogen-bond acceptors (Lipinski definition) is 6. The van der Waals surface area contributed by atoms with Crippen LogP contribution in [-0.2, 0) is 17.6 Å². The van der Waals surface area contributed by atoms with E-state index in [1.165, 1.54) is 11.1 Å². The second-order valence-corrected chi connectivity index (χ2v) is 8.34. The van der Waals surface area contributed by atoms with Crippen LogP contribution in [0.4, 0.5) is 5.69 Å². The summed E-state index contributed by atoms with van der Waals surface area (Å²) in [6.45, 7) is 5.84. The van der Waals surface area contributed by atoms with Crippen LogP contribution in [0.5, 0.6) is 0 Å². The van der Waals surface area contributed by atoms with Gasteiger partial charge in [-0.2, -0.15) is 0 Å². The topological polar surface area (TPSA) is 80.2 Å². The molecule has 0 unspecified atom stereocenters. The first-order chi connectivity index (χ1) is 16.2. The average molecular weight is 442 g/mol. The van der Waals surface area contributed by atoms with Gasteiger partial charge in [-0.25, -0.2) is 9.97 Å². The van der Waals surface area contributed by atoms with Crippen LogP contribution in [0.2, 0.25) is 0 Å². The molecule has 2 aliphatic rings. The van der Waals surface area contributed by atoms with E-state index in [4.69, 9.17) is 4.74 Å². The van der Waals surface area contributed by atoms with Gasteiger partial charge in [0.05, 0.1) is 30.8 Å². The zero-order chi connectivity index (χ0) is 22.6. The number of carbonyl (C=O) groups excluding carboxylic acids is 1. The van der Waals surface area contributed by atoms with Crippen molar-refractivity contribution in [1.82, 2.24) is 20.3 Å². The third-order valence-corrected chi connectivity index (χ3v) is 6.23. The molecule has 0 spiro atoms. The van der Waals surface area contributed by atoms with Gasteiger partial charge in [0.2, 0.25) is 5.82 Å². The van der Waals surface area contributed by atoms with Gasteiger partial charge >= 0.3 is 0 Å². The SMILES string of the molecule is Cc1ccccc1CCNC(=O)c1ncc(C2=CCc3ncc(N4CCOCC4)cc32)cn1. The molecule has 3 aromatic rings. The maximum atomic E-state index is 12.5. The van der Waals surface area contributed by atoms with Crippen LogP contribution in [-0.4, -0.2) is 53.7 Å². The van der Waals surface area contributed by atoms with Crippen molar-refractivity contribution in [3.63, 3.8) is 0 Å². The number of amides is 1. The van der Waals surface area contributed by atoms with Gasteiger partial charge in [0, 0.05) is 49.6 Å². The lowest BCUT2D eigenvalue weighted by Crippen LogP contribution is -2.36. The van der Waals surface area contributed by atoms with Gasteiger partial charge in [-0.15, -0.1) is 0 Å². The summed E-state index contributed by atoms with van der Waals surface area (Å²) in [5, 5.41) is 2.92. The summed E-state index contributed by atoms with van der Waals surface area (Å²) in [7, 11) is 0. The number of aryl methyl sites for hydroxylation is 1. The minimum absolute atomic E-state index is 0.183. The van der Waals surface area contributed by atoms with Crippen LogP contribution in [0, 0.1) is 6.92 Å². The van der Waals surface area contributed by atoms with Crippen LogP contribution in [0.3, 0.4) is 0 Å². The van der Waals surface area contributed by atoms with E-state index in [1.807, 2.05) is 18.3 Å². The molecular formula is C26H27N5O2. The summed E-state index contributed by atoms with van der Waals surface area (Å²) in [6.07, 6.45) is 9.12. The summed E-state index contributed by atoms with van der Waals surface area (Å²) in [6, 6.07) is 10.4. The molecule has 1 saturated heterocycles. The van der Waals surface area contributed by atoms with E-state index >= 15 is 0 Å². The highest BCUT2D eigenvalue weighted by molar-refractivity contribution is 5.91. The second kappa shape index (κ2) is 9.50. The number of hydrogen-bond donors (Lipinski definition) is 1. The number of ether oxygens (including phenoxy) is 1. The first kappa shape index (κ1) is 21.3. The lowest BCUT2D eigenvalue weighted by Gasteiger charge is -2.29. The van der Waals surface area contributed by atoms with Crippen LogP contribution < -0.4 is 10.2 Å². The van der Waals surface area contributed by atoms with Gasteiger partial charge in [0.1, 0.15) is 0 Å². The molecule has 33 heavy (non-hydrogen) atoms. The zero-order valence-electron chi connectivity index (χ0n) is 18.8. The van der Waals surface area contributed by atoms with Gasteiger partial charge in [0.15, 0.2) is 0 Å². The van der Waals surface area contributed by atoms with E-state index in [9.17, 15) is 4.79 Å². The van der Waals surface area contributed by atoms with Crippen molar-refractivity contribution in [3.05, 3.63) is 88.8 Å². The van der Waals surface area contributed by atoms with E-state index in [0.717, 1.165) is 67.2 Å². The van der Waals surface area contributed by atoms with Crippen LogP contribution in [0.1, 0.15) is 38.6 Å². The minimum atomic E-state index is -0.257. The van der Waals surface area contributed by atoms with Crippen LogP contribution in [0.25, 0.3) is 5.57 Å². The molecule has 0 bridgehead atoms. The van der Waals surface area contributed by atoms with Crippen molar-refractivity contribution in [1.29, 1.82) is 0 Å². The maximum absolute atomic E-state index is 12.5. The van der Waals surface area contributed by atoms with E-state index in [1.54, 1.807) is 12.4 Å². The molecule has 1 aliphatic heterocycles. The fourth-order valence-electron chi connectivity index (χ4n) is 4.32. The monoisotopic (exact) mass is 441 g/mol. The number of pyridine rings is 1. The Labute approximate surface area is 193 Å². The molecule has 3 heterocycles. The Morgan fingerprint density at radius 1 is 1.09 bits per heavy atom. The van der Waals surface area contributed by atoms with E-state index in [-0.39, 0.29) is 11.7 Å². The van der Waals surface area contributed by atoms with Crippen molar-refractivity contribution >= 4 is 17.2 Å². The number of nitrogens with one attached hydrogen (secondary N) is 1. The largest absolute Gasteiger partial charge is 0.378 e. The zero-order valence-corrected chi connectivity index (χ0v) is 18.8. The number of anilines is 1. The van der Waals surface area contributed by atoms with E-state index in [0.29, 0.717) is 6.54 Å². The van der Waals surface area contributed by atoms with Gasteiger partial charge in [-0.3, -0.25) is 9.78 Å². The van der Waals surface area contributed by atoms with Crippen molar-refractivity contribution < 1.29 is 9.53 Å². The molecule has 0 saturated carbocycles. The standard InChI is InChI=1S/C26H27N5O2/c1-18-4-2-3-5-19(18)8-9-27-26(32)25-29-15-20(16-30-25)22-6-7-24-23(22)14-21(17-28-24)31-10-12-33-13-11-31/h2-6,14-17H,7-13H2,1H3,(H,27,32). The molecule has 1 aromatic carbocycles. The normalized spacial score (nSPS) is 15.2. The molecule has 1 fully saturated rings. The number of fused-ring (bicyclic) bond motifs is 1. The van der Waals surface area contributed by atoms with Crippen molar-refractivity contribution in [2.75, 3.05) is 37.7 Å². The smallest absolute Gasteiger partial charge is 0.289 e. The Morgan fingerprint density at radius 3 is 2.67 bits per heavy atom. The highest BCUT2D eigenvalue weighted by Crippen LogP contribution is 2.33. The average Bonchev–Trinajstić information content (AvgIpc) is 3.29. The number of benzene rings is 1. The fourth-order valence-corrected chi connectivity index (χ4v) is 4.32. The molecule has 1 N–H and O–H groups in total. The van der Waals surface area contributed by atoms with Gasteiger partial charge < -0.3 is 15.0 Å². The van der Waals surface area contributed by atoms with Gasteiger partial charge in [-0.1, -0.05) is 30.3 Å². The molecule has 168 valence electrons. The Morgan fingerprint density at radius 2 is 1.88 bits per heavy atom. The molecule has 0 radical (unpaired) electrons. The Bertz CT molecular complexity index is 1180. The van der Waals surface area contributed by atoms with Gasteiger partial charge in [-0.05, 0) is 36.1 Å². The molecule has 2 aromatic heterocycles. The summed E-state index contributed by atoms with van der Waals surface area (Å²) in [4.78, 5) is 28.2. The molecule has 5 rings (SSSR count). The number of nitrogens with zero attached hydrogens (tertiary/aromatic N) is 4. The Hall–Kier alpha value is -3.58. The maximum Gasteiger partial charge on any atom is 0.289 e. The Balaban J connectivity index is 1.25. The lowest BCUT2D eigenvalue weighted by molar-refractivity contribution is 0.0943. The van der Waals surface area contributed by atoms with E-state index < -0.39 is 0 Å². The molecule has 7 nitrogen and oxygen atoms in total. The first-order valence-corrected chi connectivity index (χ1v) is 11.4. The van der Waals surface area contributed by atoms with Crippen molar-refractivity contribution in [3.8, 4) is 0 Å². The summed E-state index contributed by atoms with van der Waals surface area (Å²) >= 11 is 0. The summed E-state index contributed by atoms with van der Waals surface area (Å²) in [5.41, 5.74) is 7.69. The summed E-state index contributed by atoms with van der Waals surface area (Å²) < 4.78 is 5.46. The third kappa shape index (κ3) is 4.64. The number of morpholine rings is 1. The van der Waals surface area contributed by atoms with E-state index in [2.05, 4.69) is 56.4 Å². The predicted octanol–water partition coefficient (Wildman–Crippen LogP) is 2.98. The third-order valence-electron chi connectivity index (χ3n) is 6.23. The molecule has 7 heteroatoms. The molecule has 1 amide bonds. The molecular weight excluding hydrogens is 414 g/mol. The number of rotatable bonds is 6. The Kier molecular flexibility index (Phi) is 6.13. The molecule has 1 aliphatic carbocycles. The summed E-state index contributed by atoms with van der Waals surface area (Å²) in [5.74, 6) is -0.0743. The predicted molar refractivity (Wildman–Crippen MR) is 127 cm³/mol. The number of aromatic nitrogens is 3. The fraction of sp³-hybridized carbons (Fsp3) is 0.308. The van der Waals surface area contributed by atoms with Crippen LogP contribution in [0.15, 0.2) is 55.0 Å². The number of carbonyl (C=O) groups is 1. The first-order valence-electron chi connectivity index (χ1n) is 11.4. The quantitative estimate of drug-likeness (QED) is 0.634. The van der Waals surface area contributed by atoms with Gasteiger partial charge in [0.25, 0.3) is 5.91 Å². The van der Waals surface area contributed by atoms with Crippen molar-refractivity contribution in [2.24, 2.45) is 0 Å². The van der Waals surface area contributed by atoms with Crippen LogP contribution >= 0.6 is 0 Å². The highest BCUT2D eigenvalue weighted by atomic mass is 16.5.